The molecule has 3 saturated heterocycles. The molecular formula is C20H24N4O4. The number of hydrogen-bond donors (Lipinski definition) is 1. The van der Waals surface area contributed by atoms with E-state index in [-0.39, 0.29) is 23.6 Å². The van der Waals surface area contributed by atoms with Gasteiger partial charge in [0.05, 0.1) is 19.4 Å². The molecule has 8 nitrogen and oxygen atoms in total. The van der Waals surface area contributed by atoms with Crippen LogP contribution in [0.1, 0.15) is 33.9 Å². The Hall–Kier alpha value is -2.45. The summed E-state index contributed by atoms with van der Waals surface area (Å²) in [4.78, 5) is 33.6. The topological polar surface area (TPSA) is 87.9 Å². The van der Waals surface area contributed by atoms with Gasteiger partial charge in [0.25, 0.3) is 11.8 Å². The molecule has 3 aliphatic heterocycles. The largest absolute Gasteiger partial charge is 0.449 e. The first-order valence-electron chi connectivity index (χ1n) is 9.95. The van der Waals surface area contributed by atoms with E-state index in [0.717, 1.165) is 26.1 Å². The second-order valence-corrected chi connectivity index (χ2v) is 7.94. The van der Waals surface area contributed by atoms with Crippen LogP contribution in [0.4, 0.5) is 0 Å². The van der Waals surface area contributed by atoms with Crippen LogP contribution in [0, 0.1) is 5.92 Å². The molecule has 2 amide bonds. The summed E-state index contributed by atoms with van der Waals surface area (Å²) in [6.45, 7) is 5.40. The summed E-state index contributed by atoms with van der Waals surface area (Å²) in [6.07, 6.45) is 3.79. The lowest BCUT2D eigenvalue weighted by Crippen LogP contribution is -2.47. The minimum absolute atomic E-state index is 0.155. The number of hydrogen-bond acceptors (Lipinski definition) is 6. The lowest BCUT2D eigenvalue weighted by atomic mass is 9.97. The van der Waals surface area contributed by atoms with E-state index in [1.165, 1.54) is 12.6 Å². The predicted octanol–water partition coefficient (Wildman–Crippen LogP) is 1.12. The second kappa shape index (κ2) is 7.18. The minimum atomic E-state index is -0.170. The highest BCUT2D eigenvalue weighted by atomic mass is 16.5. The van der Waals surface area contributed by atoms with Gasteiger partial charge in [-0.05, 0) is 37.4 Å². The molecule has 8 heteroatoms. The molecule has 3 fully saturated rings. The van der Waals surface area contributed by atoms with Crippen LogP contribution >= 0.6 is 0 Å². The fourth-order valence-electron chi connectivity index (χ4n) is 4.52. The smallest absolute Gasteiger partial charge is 0.289 e. The Balaban J connectivity index is 1.30. The van der Waals surface area contributed by atoms with Gasteiger partial charge in [0.15, 0.2) is 11.3 Å². The maximum absolute atomic E-state index is 12.7. The Morgan fingerprint density at radius 2 is 2.00 bits per heavy atom. The molecule has 28 heavy (non-hydrogen) atoms. The van der Waals surface area contributed by atoms with E-state index in [9.17, 15) is 9.59 Å². The predicted molar refractivity (Wildman–Crippen MR) is 101 cm³/mol. The Labute approximate surface area is 162 Å². The number of nitrogens with one attached hydrogen (secondary N) is 1. The summed E-state index contributed by atoms with van der Waals surface area (Å²) in [5.41, 5.74) is 0.863. The monoisotopic (exact) mass is 384 g/mol. The standard InChI is InChI=1S/C20H24N4O4/c25-19(22-15-7-13-1-2-23(11-13)12-15)16-8-14-9-17(28-18(14)10-21-16)20(26)24-3-5-27-6-4-24/h8-10,13,15H,1-7,11-12H2,(H,22,25)/t13-,15-/m1/s1. The molecular weight excluding hydrogens is 360 g/mol. The maximum atomic E-state index is 12.7. The molecule has 148 valence electrons. The van der Waals surface area contributed by atoms with Crippen molar-refractivity contribution in [3.05, 3.63) is 29.8 Å². The molecule has 3 aliphatic rings. The van der Waals surface area contributed by atoms with Crippen LogP contribution in [-0.2, 0) is 4.74 Å². The van der Waals surface area contributed by atoms with Crippen molar-refractivity contribution in [3.8, 4) is 0 Å². The molecule has 0 aliphatic carbocycles. The van der Waals surface area contributed by atoms with Crippen molar-refractivity contribution in [3.63, 3.8) is 0 Å². The second-order valence-electron chi connectivity index (χ2n) is 7.94. The van der Waals surface area contributed by atoms with Crippen LogP contribution in [0.2, 0.25) is 0 Å². The quantitative estimate of drug-likeness (QED) is 0.853. The van der Waals surface area contributed by atoms with Crippen LogP contribution in [0.25, 0.3) is 11.0 Å². The van der Waals surface area contributed by atoms with Gasteiger partial charge >= 0.3 is 0 Å². The fourth-order valence-corrected chi connectivity index (χ4v) is 4.52. The Bertz CT molecular complexity index is 893. The number of amides is 2. The van der Waals surface area contributed by atoms with Gasteiger partial charge < -0.3 is 24.3 Å². The molecule has 0 spiro atoms. The van der Waals surface area contributed by atoms with Crippen molar-refractivity contribution in [1.29, 1.82) is 0 Å². The number of pyridine rings is 1. The molecule has 0 radical (unpaired) electrons. The third kappa shape index (κ3) is 3.38. The van der Waals surface area contributed by atoms with Crippen molar-refractivity contribution in [2.45, 2.75) is 18.9 Å². The van der Waals surface area contributed by atoms with E-state index in [0.29, 0.717) is 48.9 Å². The van der Waals surface area contributed by atoms with E-state index < -0.39 is 0 Å². The van der Waals surface area contributed by atoms with Crippen molar-refractivity contribution in [2.75, 3.05) is 45.9 Å². The summed E-state index contributed by atoms with van der Waals surface area (Å²) < 4.78 is 11.0. The van der Waals surface area contributed by atoms with Crippen molar-refractivity contribution in [1.82, 2.24) is 20.1 Å². The number of furan rings is 1. The van der Waals surface area contributed by atoms with Gasteiger partial charge in [0, 0.05) is 37.6 Å². The highest BCUT2D eigenvalue weighted by Crippen LogP contribution is 2.27. The van der Waals surface area contributed by atoms with Crippen LogP contribution in [-0.4, -0.2) is 78.6 Å². The summed E-state index contributed by atoms with van der Waals surface area (Å²) in [5, 5.41) is 3.83. The minimum Gasteiger partial charge on any atom is -0.449 e. The number of morpholine rings is 1. The highest BCUT2D eigenvalue weighted by molar-refractivity contribution is 5.99. The zero-order valence-electron chi connectivity index (χ0n) is 15.7. The molecule has 2 aromatic heterocycles. The number of aromatic nitrogens is 1. The molecule has 0 aromatic carbocycles. The SMILES string of the molecule is O=C(N[C@@H]1C[C@H]2CCN(C2)C1)c1cc2cc(C(=O)N3CCOCC3)oc2cn1. The Morgan fingerprint density at radius 1 is 1.14 bits per heavy atom. The third-order valence-corrected chi connectivity index (χ3v) is 5.95. The third-order valence-electron chi connectivity index (χ3n) is 5.95. The zero-order valence-corrected chi connectivity index (χ0v) is 15.7. The highest BCUT2D eigenvalue weighted by Gasteiger charge is 2.33. The van der Waals surface area contributed by atoms with Crippen LogP contribution in [0.5, 0.6) is 0 Å². The van der Waals surface area contributed by atoms with Crippen LogP contribution in [0.3, 0.4) is 0 Å². The van der Waals surface area contributed by atoms with Gasteiger partial charge in [-0.1, -0.05) is 0 Å². The number of carbonyl (C=O) groups is 2. The molecule has 3 atom stereocenters. The normalized spacial score (nSPS) is 27.1. The number of carbonyl (C=O) groups excluding carboxylic acids is 2. The number of rotatable bonds is 3. The molecule has 2 aromatic rings. The number of fused-ring (bicyclic) bond motifs is 3. The average molecular weight is 384 g/mol. The van der Waals surface area contributed by atoms with Crippen LogP contribution in [0.15, 0.2) is 22.7 Å². The number of ether oxygens (including phenoxy) is 1. The van der Waals surface area contributed by atoms with E-state index >= 15 is 0 Å². The Morgan fingerprint density at radius 3 is 2.82 bits per heavy atom. The lowest BCUT2D eigenvalue weighted by molar-refractivity contribution is 0.0284. The van der Waals surface area contributed by atoms with Gasteiger partial charge in [-0.15, -0.1) is 0 Å². The maximum Gasteiger partial charge on any atom is 0.289 e. The first-order chi connectivity index (χ1) is 13.7. The average Bonchev–Trinajstić information content (AvgIpc) is 3.30. The van der Waals surface area contributed by atoms with E-state index in [1.807, 2.05) is 0 Å². The first kappa shape index (κ1) is 17.6. The molecule has 1 N–H and O–H groups in total. The van der Waals surface area contributed by atoms with Crippen molar-refractivity contribution >= 4 is 22.8 Å². The van der Waals surface area contributed by atoms with Gasteiger partial charge in [0.1, 0.15) is 5.69 Å². The first-order valence-corrected chi connectivity index (χ1v) is 9.95. The molecule has 1 unspecified atom stereocenters. The summed E-state index contributed by atoms with van der Waals surface area (Å²) >= 11 is 0. The number of nitrogens with zero attached hydrogens (tertiary/aromatic N) is 3. The lowest BCUT2D eigenvalue weighted by Gasteiger charge is -2.30. The van der Waals surface area contributed by atoms with Gasteiger partial charge in [-0.3, -0.25) is 9.59 Å². The van der Waals surface area contributed by atoms with Crippen molar-refractivity contribution in [2.24, 2.45) is 5.92 Å². The van der Waals surface area contributed by atoms with Gasteiger partial charge in [-0.2, -0.15) is 0 Å². The Kier molecular flexibility index (Phi) is 4.52. The summed E-state index contributed by atoms with van der Waals surface area (Å²) in [5.74, 6) is 0.638. The molecule has 5 heterocycles. The molecule has 5 rings (SSSR count). The van der Waals surface area contributed by atoms with Gasteiger partial charge in [-0.25, -0.2) is 4.98 Å². The zero-order chi connectivity index (χ0) is 19.1. The molecule has 2 bridgehead atoms. The number of piperidine rings is 1. The van der Waals surface area contributed by atoms with Gasteiger partial charge in [0.2, 0.25) is 0 Å². The van der Waals surface area contributed by atoms with Crippen molar-refractivity contribution < 1.29 is 18.7 Å². The van der Waals surface area contributed by atoms with E-state index in [4.69, 9.17) is 9.15 Å². The summed E-state index contributed by atoms with van der Waals surface area (Å²) in [6, 6.07) is 3.56. The summed E-state index contributed by atoms with van der Waals surface area (Å²) in [7, 11) is 0. The van der Waals surface area contributed by atoms with E-state index in [1.54, 1.807) is 17.0 Å². The fraction of sp³-hybridized carbons (Fsp3) is 0.550. The van der Waals surface area contributed by atoms with Crippen LogP contribution < -0.4 is 5.32 Å². The van der Waals surface area contributed by atoms with E-state index in [2.05, 4.69) is 15.2 Å². The molecule has 0 saturated carbocycles.